The highest BCUT2D eigenvalue weighted by Crippen LogP contribution is 2.17. The van der Waals surface area contributed by atoms with Gasteiger partial charge < -0.3 is 9.47 Å². The molecule has 0 unspecified atom stereocenters. The Labute approximate surface area is 177 Å². The van der Waals surface area contributed by atoms with Crippen LogP contribution in [0.3, 0.4) is 0 Å². The van der Waals surface area contributed by atoms with Gasteiger partial charge in [-0.05, 0) is 72.2 Å². The molecular weight excluding hydrogens is 376 g/mol. The molecule has 154 valence electrons. The molecule has 0 heterocycles. The topological polar surface area (TPSA) is 52.6 Å². The highest BCUT2D eigenvalue weighted by molar-refractivity contribution is 5.89. The number of carbonyl (C=O) groups is 2. The summed E-state index contributed by atoms with van der Waals surface area (Å²) in [6, 6.07) is 23.7. The molecule has 0 saturated heterocycles. The van der Waals surface area contributed by atoms with Crippen LogP contribution >= 0.6 is 0 Å². The number of ether oxygens (including phenoxy) is 2. The van der Waals surface area contributed by atoms with Gasteiger partial charge in [-0.1, -0.05) is 48.5 Å². The summed E-state index contributed by atoms with van der Waals surface area (Å²) in [7, 11) is 2.78. The first-order valence-electron chi connectivity index (χ1n) is 10.0. The summed E-state index contributed by atoms with van der Waals surface area (Å²) in [6.45, 7) is 0. The molecule has 0 atom stereocenters. The first-order valence-corrected chi connectivity index (χ1v) is 10.0. The minimum absolute atomic E-state index is 0.313. The fraction of sp³-hybridized carbons (Fsp3) is 0.231. The lowest BCUT2D eigenvalue weighted by Gasteiger charge is -2.10. The Balaban J connectivity index is 1.60. The maximum atomic E-state index is 11.6. The van der Waals surface area contributed by atoms with Crippen molar-refractivity contribution in [2.75, 3.05) is 14.2 Å². The van der Waals surface area contributed by atoms with Gasteiger partial charge in [0.1, 0.15) is 0 Å². The average molecular weight is 402 g/mol. The molecule has 0 bridgehead atoms. The quantitative estimate of drug-likeness (QED) is 0.507. The molecule has 0 aliphatic heterocycles. The Hall–Kier alpha value is -3.40. The highest BCUT2D eigenvalue weighted by atomic mass is 16.5. The van der Waals surface area contributed by atoms with Crippen LogP contribution in [-0.2, 0) is 35.2 Å². The largest absolute Gasteiger partial charge is 0.465 e. The second-order valence-corrected chi connectivity index (χ2v) is 7.15. The average Bonchev–Trinajstić information content (AvgIpc) is 2.81. The van der Waals surface area contributed by atoms with E-state index >= 15 is 0 Å². The minimum Gasteiger partial charge on any atom is -0.465 e. The first kappa shape index (κ1) is 21.3. The van der Waals surface area contributed by atoms with E-state index in [0.717, 1.165) is 25.7 Å². The third-order valence-corrected chi connectivity index (χ3v) is 5.23. The zero-order valence-electron chi connectivity index (χ0n) is 17.4. The third-order valence-electron chi connectivity index (χ3n) is 5.23. The van der Waals surface area contributed by atoms with Gasteiger partial charge in [-0.25, -0.2) is 9.59 Å². The lowest BCUT2D eigenvalue weighted by molar-refractivity contribution is 0.0592. The van der Waals surface area contributed by atoms with Gasteiger partial charge in [-0.15, -0.1) is 0 Å². The van der Waals surface area contributed by atoms with Crippen LogP contribution in [0.15, 0.2) is 72.8 Å². The van der Waals surface area contributed by atoms with Crippen LogP contribution in [0.2, 0.25) is 0 Å². The standard InChI is InChI=1S/C26H26O4/c1-29-25(27)23-15-9-19(10-16-23)7-13-21-5-3-4-6-22(21)14-8-20-11-17-24(18-12-20)26(28)30-2/h3-6,9-12,15-18H,7-8,13-14H2,1-2H3. The molecule has 30 heavy (non-hydrogen) atoms. The van der Waals surface area contributed by atoms with Gasteiger partial charge in [0.2, 0.25) is 0 Å². The highest BCUT2D eigenvalue weighted by Gasteiger charge is 2.08. The number of methoxy groups -OCH3 is 2. The van der Waals surface area contributed by atoms with Crippen LogP contribution in [0.5, 0.6) is 0 Å². The zero-order chi connectivity index (χ0) is 21.3. The smallest absolute Gasteiger partial charge is 0.337 e. The van der Waals surface area contributed by atoms with E-state index in [4.69, 9.17) is 9.47 Å². The number of rotatable bonds is 8. The van der Waals surface area contributed by atoms with Crippen LogP contribution in [0, 0.1) is 0 Å². The number of esters is 2. The summed E-state index contributed by atoms with van der Waals surface area (Å²) in [4.78, 5) is 23.1. The Kier molecular flexibility index (Phi) is 7.39. The molecule has 0 spiro atoms. The van der Waals surface area contributed by atoms with Crippen LogP contribution in [0.1, 0.15) is 43.0 Å². The van der Waals surface area contributed by atoms with E-state index in [9.17, 15) is 9.59 Å². The van der Waals surface area contributed by atoms with Gasteiger partial charge >= 0.3 is 11.9 Å². The van der Waals surface area contributed by atoms with Crippen molar-refractivity contribution in [2.45, 2.75) is 25.7 Å². The van der Waals surface area contributed by atoms with Gasteiger partial charge in [0.25, 0.3) is 0 Å². The molecule has 0 fully saturated rings. The van der Waals surface area contributed by atoms with E-state index in [-0.39, 0.29) is 11.9 Å². The molecule has 0 amide bonds. The van der Waals surface area contributed by atoms with Crippen molar-refractivity contribution in [2.24, 2.45) is 0 Å². The van der Waals surface area contributed by atoms with E-state index in [0.29, 0.717) is 11.1 Å². The zero-order valence-corrected chi connectivity index (χ0v) is 17.4. The Morgan fingerprint density at radius 1 is 0.567 bits per heavy atom. The number of hydrogen-bond acceptors (Lipinski definition) is 4. The molecule has 0 saturated carbocycles. The molecule has 3 aromatic rings. The van der Waals surface area contributed by atoms with Crippen molar-refractivity contribution in [3.63, 3.8) is 0 Å². The molecule has 4 nitrogen and oxygen atoms in total. The first-order chi connectivity index (χ1) is 14.6. The van der Waals surface area contributed by atoms with E-state index in [2.05, 4.69) is 24.3 Å². The fourth-order valence-electron chi connectivity index (χ4n) is 3.45. The molecule has 3 rings (SSSR count). The van der Waals surface area contributed by atoms with Crippen LogP contribution < -0.4 is 0 Å². The van der Waals surface area contributed by atoms with Crippen molar-refractivity contribution in [3.8, 4) is 0 Å². The summed E-state index contributed by atoms with van der Waals surface area (Å²) >= 11 is 0. The Morgan fingerprint density at radius 2 is 0.933 bits per heavy atom. The predicted molar refractivity (Wildman–Crippen MR) is 117 cm³/mol. The summed E-state index contributed by atoms with van der Waals surface area (Å²) in [5.74, 6) is -0.627. The van der Waals surface area contributed by atoms with Crippen LogP contribution in [0.25, 0.3) is 0 Å². The Morgan fingerprint density at radius 3 is 1.27 bits per heavy atom. The molecule has 0 aliphatic carbocycles. The predicted octanol–water partition coefficient (Wildman–Crippen LogP) is 4.83. The summed E-state index contributed by atoms with van der Waals surface area (Å²) in [5, 5.41) is 0. The lowest BCUT2D eigenvalue weighted by Crippen LogP contribution is -2.03. The summed E-state index contributed by atoms with van der Waals surface area (Å²) < 4.78 is 9.49. The maximum absolute atomic E-state index is 11.6. The van der Waals surface area contributed by atoms with Crippen molar-refractivity contribution >= 4 is 11.9 Å². The molecule has 0 radical (unpaired) electrons. The van der Waals surface area contributed by atoms with E-state index < -0.39 is 0 Å². The number of hydrogen-bond donors (Lipinski definition) is 0. The van der Waals surface area contributed by atoms with Crippen molar-refractivity contribution in [1.82, 2.24) is 0 Å². The molecule has 0 N–H and O–H groups in total. The van der Waals surface area contributed by atoms with Gasteiger partial charge in [0, 0.05) is 0 Å². The maximum Gasteiger partial charge on any atom is 0.337 e. The number of benzene rings is 3. The van der Waals surface area contributed by atoms with E-state index in [1.165, 1.54) is 36.5 Å². The Bertz CT molecular complexity index is 906. The SMILES string of the molecule is COC(=O)c1ccc(CCc2ccccc2CCc2ccc(C(=O)OC)cc2)cc1. The normalized spacial score (nSPS) is 10.5. The van der Waals surface area contributed by atoms with Crippen molar-refractivity contribution in [1.29, 1.82) is 0 Å². The van der Waals surface area contributed by atoms with Gasteiger partial charge in [0.15, 0.2) is 0 Å². The molecule has 0 aliphatic rings. The van der Waals surface area contributed by atoms with E-state index in [1.54, 1.807) is 0 Å². The minimum atomic E-state index is -0.313. The lowest BCUT2D eigenvalue weighted by atomic mass is 9.95. The fourth-order valence-corrected chi connectivity index (χ4v) is 3.45. The van der Waals surface area contributed by atoms with Crippen LogP contribution in [0.4, 0.5) is 0 Å². The van der Waals surface area contributed by atoms with Crippen LogP contribution in [-0.4, -0.2) is 26.2 Å². The molecule has 0 aromatic heterocycles. The number of carbonyl (C=O) groups excluding carboxylic acids is 2. The molecular formula is C26H26O4. The van der Waals surface area contributed by atoms with E-state index in [1.807, 2.05) is 48.5 Å². The second kappa shape index (κ2) is 10.4. The molecule has 3 aromatic carbocycles. The molecule has 4 heteroatoms. The van der Waals surface area contributed by atoms with Gasteiger partial charge in [-0.2, -0.15) is 0 Å². The number of aryl methyl sites for hydroxylation is 4. The third kappa shape index (κ3) is 5.57. The monoisotopic (exact) mass is 402 g/mol. The van der Waals surface area contributed by atoms with Gasteiger partial charge in [-0.3, -0.25) is 0 Å². The van der Waals surface area contributed by atoms with Gasteiger partial charge in [0.05, 0.1) is 25.3 Å². The summed E-state index contributed by atoms with van der Waals surface area (Å²) in [6.07, 6.45) is 3.70. The summed E-state index contributed by atoms with van der Waals surface area (Å²) in [5.41, 5.74) is 6.19. The van der Waals surface area contributed by atoms with Crippen molar-refractivity contribution in [3.05, 3.63) is 106 Å². The second-order valence-electron chi connectivity index (χ2n) is 7.15. The van der Waals surface area contributed by atoms with Crippen molar-refractivity contribution < 1.29 is 19.1 Å².